The molecule has 3 rings (SSSR count). The number of amides is 1. The van der Waals surface area contributed by atoms with E-state index in [0.29, 0.717) is 12.5 Å². The van der Waals surface area contributed by atoms with Gasteiger partial charge in [-0.25, -0.2) is 0 Å². The van der Waals surface area contributed by atoms with Crippen molar-refractivity contribution in [3.8, 4) is 5.75 Å². The summed E-state index contributed by atoms with van der Waals surface area (Å²) in [5.74, 6) is 1.27. The third-order valence-electron chi connectivity index (χ3n) is 4.60. The number of ether oxygens (including phenoxy) is 2. The smallest absolute Gasteiger partial charge is 0.226 e. The molecule has 0 aliphatic carbocycles. The van der Waals surface area contributed by atoms with Crippen LogP contribution >= 0.6 is 0 Å². The van der Waals surface area contributed by atoms with Crippen LogP contribution in [0.4, 0.5) is 5.69 Å². The molecule has 1 fully saturated rings. The van der Waals surface area contributed by atoms with Gasteiger partial charge in [0.1, 0.15) is 5.75 Å². The quantitative estimate of drug-likeness (QED) is 0.798. The summed E-state index contributed by atoms with van der Waals surface area (Å²) >= 11 is 0. The average Bonchev–Trinajstić information content (AvgIpc) is 2.69. The fourth-order valence-corrected chi connectivity index (χ4v) is 2.99. The van der Waals surface area contributed by atoms with Crippen molar-refractivity contribution < 1.29 is 14.3 Å². The summed E-state index contributed by atoms with van der Waals surface area (Å²) in [6.45, 7) is 2.36. The van der Waals surface area contributed by atoms with E-state index in [1.165, 1.54) is 0 Å². The number of hydrogen-bond donors (Lipinski definition) is 2. The van der Waals surface area contributed by atoms with Gasteiger partial charge in [0.15, 0.2) is 0 Å². The number of hydrogen-bond acceptors (Lipinski definition) is 4. The first kappa shape index (κ1) is 18.4. The van der Waals surface area contributed by atoms with Crippen molar-refractivity contribution in [3.05, 3.63) is 60.2 Å². The zero-order valence-corrected chi connectivity index (χ0v) is 14.9. The van der Waals surface area contributed by atoms with Gasteiger partial charge in [0, 0.05) is 31.4 Å². The van der Waals surface area contributed by atoms with Crippen molar-refractivity contribution in [3.63, 3.8) is 0 Å². The topological polar surface area (TPSA) is 73.6 Å². The van der Waals surface area contributed by atoms with Gasteiger partial charge in [-0.3, -0.25) is 4.79 Å². The van der Waals surface area contributed by atoms with Crippen LogP contribution in [0.1, 0.15) is 30.9 Å². The molecule has 5 nitrogen and oxygen atoms in total. The lowest BCUT2D eigenvalue weighted by atomic mass is 10.0. The minimum absolute atomic E-state index is 0.0998. The predicted molar refractivity (Wildman–Crippen MR) is 102 cm³/mol. The van der Waals surface area contributed by atoms with Gasteiger partial charge >= 0.3 is 0 Å². The maximum absolute atomic E-state index is 12.2. The molecule has 1 unspecified atom stereocenters. The second kappa shape index (κ2) is 9.36. The van der Waals surface area contributed by atoms with Gasteiger partial charge in [0.25, 0.3) is 0 Å². The van der Waals surface area contributed by atoms with Crippen LogP contribution in [-0.4, -0.2) is 25.7 Å². The molecule has 1 atom stereocenters. The third kappa shape index (κ3) is 5.58. The molecule has 138 valence electrons. The molecule has 0 aromatic heterocycles. The Bertz CT molecular complexity index is 682. The first-order valence-corrected chi connectivity index (χ1v) is 9.11. The molecule has 1 amide bonds. The Morgan fingerprint density at radius 1 is 1.12 bits per heavy atom. The van der Waals surface area contributed by atoms with E-state index in [1.807, 2.05) is 54.6 Å². The van der Waals surface area contributed by atoms with E-state index in [0.717, 1.165) is 43.1 Å². The number of nitrogens with two attached hydrogens (primary N) is 1. The Morgan fingerprint density at radius 2 is 1.81 bits per heavy atom. The van der Waals surface area contributed by atoms with Crippen LogP contribution in [0.15, 0.2) is 54.6 Å². The molecular formula is C21H26N2O3. The minimum atomic E-state index is -0.307. The Hall–Kier alpha value is -2.37. The number of carbonyl (C=O) groups excluding carboxylic acids is 1. The Labute approximate surface area is 154 Å². The van der Waals surface area contributed by atoms with Crippen LogP contribution in [0.3, 0.4) is 0 Å². The van der Waals surface area contributed by atoms with Gasteiger partial charge < -0.3 is 20.5 Å². The maximum Gasteiger partial charge on any atom is 0.226 e. The molecule has 2 aromatic carbocycles. The summed E-state index contributed by atoms with van der Waals surface area (Å²) in [6.07, 6.45) is 2.34. The van der Waals surface area contributed by atoms with E-state index < -0.39 is 0 Å². The fourth-order valence-electron chi connectivity index (χ4n) is 2.99. The second-order valence-electron chi connectivity index (χ2n) is 6.66. The summed E-state index contributed by atoms with van der Waals surface area (Å²) in [5, 5.41) is 2.88. The molecule has 0 bridgehead atoms. The lowest BCUT2D eigenvalue weighted by molar-refractivity contribution is -0.116. The number of benzene rings is 2. The van der Waals surface area contributed by atoms with Crippen LogP contribution in [0.2, 0.25) is 0 Å². The fraction of sp³-hybridized carbons (Fsp3) is 0.381. The average molecular weight is 354 g/mol. The summed E-state index contributed by atoms with van der Waals surface area (Å²) < 4.78 is 11.2. The number of carbonyl (C=O) groups is 1. The van der Waals surface area contributed by atoms with Crippen LogP contribution in [0, 0.1) is 5.92 Å². The van der Waals surface area contributed by atoms with Crippen molar-refractivity contribution in [1.82, 2.24) is 0 Å². The number of anilines is 1. The molecule has 0 radical (unpaired) electrons. The molecule has 0 spiro atoms. The number of rotatable bonds is 7. The van der Waals surface area contributed by atoms with Crippen molar-refractivity contribution in [2.24, 2.45) is 11.7 Å². The van der Waals surface area contributed by atoms with Gasteiger partial charge in [0.2, 0.25) is 5.91 Å². The van der Waals surface area contributed by atoms with Gasteiger partial charge in [-0.15, -0.1) is 0 Å². The molecule has 0 saturated carbocycles. The van der Waals surface area contributed by atoms with Crippen LogP contribution in [-0.2, 0) is 9.53 Å². The number of nitrogens with one attached hydrogen (secondary N) is 1. The summed E-state index contributed by atoms with van der Waals surface area (Å²) in [5.41, 5.74) is 7.80. The third-order valence-corrected chi connectivity index (χ3v) is 4.60. The maximum atomic E-state index is 12.2. The van der Waals surface area contributed by atoms with Crippen molar-refractivity contribution in [2.75, 3.05) is 25.1 Å². The minimum Gasteiger partial charge on any atom is -0.493 e. The molecular weight excluding hydrogens is 328 g/mol. The molecule has 3 N–H and O–H groups in total. The normalized spacial score (nSPS) is 16.0. The Kier molecular flexibility index (Phi) is 6.63. The monoisotopic (exact) mass is 354 g/mol. The first-order chi connectivity index (χ1) is 12.7. The Morgan fingerprint density at radius 3 is 2.50 bits per heavy atom. The molecule has 1 aliphatic heterocycles. The van der Waals surface area contributed by atoms with E-state index in [1.54, 1.807) is 0 Å². The van der Waals surface area contributed by atoms with E-state index in [2.05, 4.69) is 5.32 Å². The van der Waals surface area contributed by atoms with Crippen LogP contribution in [0.5, 0.6) is 5.75 Å². The van der Waals surface area contributed by atoms with E-state index in [9.17, 15) is 4.79 Å². The van der Waals surface area contributed by atoms with Gasteiger partial charge in [-0.05, 0) is 48.6 Å². The Balaban J connectivity index is 1.45. The largest absolute Gasteiger partial charge is 0.493 e. The summed E-state index contributed by atoms with van der Waals surface area (Å²) in [6, 6.07) is 16.8. The predicted octanol–water partition coefficient (Wildman–Crippen LogP) is 3.52. The first-order valence-electron chi connectivity index (χ1n) is 9.11. The molecule has 26 heavy (non-hydrogen) atoms. The van der Waals surface area contributed by atoms with Gasteiger partial charge in [0.05, 0.1) is 6.61 Å². The summed E-state index contributed by atoms with van der Waals surface area (Å²) in [7, 11) is 0. The van der Waals surface area contributed by atoms with Crippen molar-refractivity contribution in [1.29, 1.82) is 0 Å². The van der Waals surface area contributed by atoms with Gasteiger partial charge in [-0.1, -0.05) is 30.3 Å². The van der Waals surface area contributed by atoms with E-state index in [4.69, 9.17) is 15.2 Å². The SMILES string of the molecule is NC(CC(=O)Nc1ccc(OCC2CCOCC2)cc1)c1ccccc1. The summed E-state index contributed by atoms with van der Waals surface area (Å²) in [4.78, 5) is 12.2. The van der Waals surface area contributed by atoms with Crippen molar-refractivity contribution in [2.45, 2.75) is 25.3 Å². The zero-order valence-electron chi connectivity index (χ0n) is 14.9. The zero-order chi connectivity index (χ0) is 18.2. The molecule has 5 heteroatoms. The highest BCUT2D eigenvalue weighted by molar-refractivity contribution is 5.91. The van der Waals surface area contributed by atoms with Crippen molar-refractivity contribution >= 4 is 11.6 Å². The van der Waals surface area contributed by atoms with E-state index in [-0.39, 0.29) is 18.4 Å². The van der Waals surface area contributed by atoms with Crippen LogP contribution in [0.25, 0.3) is 0 Å². The standard InChI is InChI=1S/C21H26N2O3/c22-20(17-4-2-1-3-5-17)14-21(24)23-18-6-8-19(9-7-18)26-15-16-10-12-25-13-11-16/h1-9,16,20H,10-15,22H2,(H,23,24). The molecule has 1 saturated heterocycles. The second-order valence-corrected chi connectivity index (χ2v) is 6.66. The van der Waals surface area contributed by atoms with E-state index >= 15 is 0 Å². The lowest BCUT2D eigenvalue weighted by Crippen LogP contribution is -2.21. The highest BCUT2D eigenvalue weighted by Crippen LogP contribution is 2.20. The highest BCUT2D eigenvalue weighted by atomic mass is 16.5. The molecule has 2 aromatic rings. The van der Waals surface area contributed by atoms with Gasteiger partial charge in [-0.2, -0.15) is 0 Å². The lowest BCUT2D eigenvalue weighted by Gasteiger charge is -2.22. The highest BCUT2D eigenvalue weighted by Gasteiger charge is 2.14. The van der Waals surface area contributed by atoms with Crippen LogP contribution < -0.4 is 15.8 Å². The molecule has 1 heterocycles. The molecule has 1 aliphatic rings.